The van der Waals surface area contributed by atoms with Crippen LogP contribution in [-0.2, 0) is 6.18 Å². The Bertz CT molecular complexity index is 818. The summed E-state index contributed by atoms with van der Waals surface area (Å²) in [6.45, 7) is 2.76. The first-order valence-electron chi connectivity index (χ1n) is 8.73. The first kappa shape index (κ1) is 19.2. The lowest BCUT2D eigenvalue weighted by Crippen LogP contribution is -2.45. The third-order valence-electron chi connectivity index (χ3n) is 4.65. The van der Waals surface area contributed by atoms with E-state index in [-0.39, 0.29) is 23.3 Å². The first-order valence-corrected chi connectivity index (χ1v) is 8.73. The number of piperidine rings is 1. The van der Waals surface area contributed by atoms with Crippen LogP contribution in [0.3, 0.4) is 0 Å². The lowest BCUT2D eigenvalue weighted by Gasteiger charge is -2.34. The normalized spacial score (nSPS) is 17.7. The van der Waals surface area contributed by atoms with E-state index in [4.69, 9.17) is 0 Å². The number of carbonyl (C=O) groups is 1. The quantitative estimate of drug-likeness (QED) is 0.771. The summed E-state index contributed by atoms with van der Waals surface area (Å²) in [7, 11) is 0. The number of benzene rings is 2. The Morgan fingerprint density at radius 3 is 2.52 bits per heavy atom. The van der Waals surface area contributed by atoms with Crippen molar-refractivity contribution < 1.29 is 22.4 Å². The van der Waals surface area contributed by atoms with E-state index < -0.39 is 11.7 Å². The summed E-state index contributed by atoms with van der Waals surface area (Å²) in [4.78, 5) is 14.2. The van der Waals surface area contributed by atoms with E-state index in [1.165, 1.54) is 18.2 Å². The van der Waals surface area contributed by atoms with Gasteiger partial charge in [0, 0.05) is 24.7 Å². The number of amides is 1. The number of nitrogens with zero attached hydrogens (tertiary/aromatic N) is 1. The summed E-state index contributed by atoms with van der Waals surface area (Å²) in [6.07, 6.45) is -2.92. The van der Waals surface area contributed by atoms with E-state index in [1.807, 2.05) is 6.92 Å². The predicted octanol–water partition coefficient (Wildman–Crippen LogP) is 4.87. The molecule has 2 aromatic rings. The second kappa shape index (κ2) is 7.58. The van der Waals surface area contributed by atoms with Gasteiger partial charge in [-0.1, -0.05) is 6.07 Å². The summed E-state index contributed by atoms with van der Waals surface area (Å²) in [5.41, 5.74) is 0.744. The third-order valence-corrected chi connectivity index (χ3v) is 4.65. The maximum absolute atomic E-state index is 13.9. The van der Waals surface area contributed by atoms with Crippen LogP contribution in [-0.4, -0.2) is 29.9 Å². The Morgan fingerprint density at radius 2 is 1.85 bits per heavy atom. The Balaban J connectivity index is 1.68. The second-order valence-electron chi connectivity index (χ2n) is 6.79. The smallest absolute Gasteiger partial charge is 0.378 e. The highest BCUT2D eigenvalue weighted by Gasteiger charge is 2.31. The molecule has 0 saturated carbocycles. The Hall–Kier alpha value is -2.57. The maximum atomic E-state index is 13.9. The van der Waals surface area contributed by atoms with Crippen molar-refractivity contribution >= 4 is 11.6 Å². The zero-order chi connectivity index (χ0) is 19.6. The minimum Gasteiger partial charge on any atom is -0.378 e. The second-order valence-corrected chi connectivity index (χ2v) is 6.79. The topological polar surface area (TPSA) is 32.3 Å². The molecule has 7 heteroatoms. The number of anilines is 1. The van der Waals surface area contributed by atoms with Gasteiger partial charge in [-0.05, 0) is 61.7 Å². The lowest BCUT2D eigenvalue weighted by atomic mass is 10.0. The van der Waals surface area contributed by atoms with Gasteiger partial charge in [0.1, 0.15) is 5.82 Å². The van der Waals surface area contributed by atoms with Gasteiger partial charge in [0.15, 0.2) is 0 Å². The molecule has 3 rings (SSSR count). The van der Waals surface area contributed by atoms with E-state index in [0.29, 0.717) is 18.8 Å². The lowest BCUT2D eigenvalue weighted by molar-refractivity contribution is -0.137. The molecule has 3 nitrogen and oxygen atoms in total. The molecule has 1 fully saturated rings. The molecule has 1 atom stereocenters. The summed E-state index contributed by atoms with van der Waals surface area (Å²) >= 11 is 0. The summed E-state index contributed by atoms with van der Waals surface area (Å²) in [5, 5.41) is 3.14. The largest absolute Gasteiger partial charge is 0.416 e. The molecule has 1 aliphatic heterocycles. The minimum absolute atomic E-state index is 0.117. The van der Waals surface area contributed by atoms with Crippen molar-refractivity contribution in [2.75, 3.05) is 18.4 Å². The van der Waals surface area contributed by atoms with Gasteiger partial charge >= 0.3 is 6.18 Å². The molecule has 1 amide bonds. The van der Waals surface area contributed by atoms with E-state index in [1.54, 1.807) is 17.0 Å². The molecular formula is C20H20F4N2O. The number of halogens is 4. The minimum atomic E-state index is -4.43. The van der Waals surface area contributed by atoms with E-state index in [9.17, 15) is 22.4 Å². The molecule has 1 N–H and O–H groups in total. The fourth-order valence-electron chi connectivity index (χ4n) is 3.23. The van der Waals surface area contributed by atoms with Crippen molar-refractivity contribution in [2.24, 2.45) is 0 Å². The molecule has 144 valence electrons. The van der Waals surface area contributed by atoms with E-state index in [0.717, 1.165) is 30.5 Å². The van der Waals surface area contributed by atoms with Crippen molar-refractivity contribution in [1.82, 2.24) is 4.90 Å². The van der Waals surface area contributed by atoms with Crippen LogP contribution in [0.25, 0.3) is 0 Å². The number of hydrogen-bond acceptors (Lipinski definition) is 2. The average Bonchev–Trinajstić information content (AvgIpc) is 2.64. The molecule has 27 heavy (non-hydrogen) atoms. The van der Waals surface area contributed by atoms with Crippen molar-refractivity contribution in [2.45, 2.75) is 32.0 Å². The average molecular weight is 380 g/mol. The highest BCUT2D eigenvalue weighted by Crippen LogP contribution is 2.29. The third kappa shape index (κ3) is 4.59. The van der Waals surface area contributed by atoms with Crippen LogP contribution in [0.1, 0.15) is 34.3 Å². The van der Waals surface area contributed by atoms with Gasteiger partial charge < -0.3 is 10.2 Å². The van der Waals surface area contributed by atoms with Gasteiger partial charge in [-0.2, -0.15) is 13.2 Å². The van der Waals surface area contributed by atoms with Crippen LogP contribution in [0.15, 0.2) is 42.5 Å². The summed E-state index contributed by atoms with van der Waals surface area (Å²) in [5.74, 6) is -0.674. The molecule has 0 radical (unpaired) electrons. The molecule has 1 saturated heterocycles. The SMILES string of the molecule is Cc1ccc(F)c(NC2CCCN(C(=O)c3ccc(C(F)(F)F)cc3)C2)c1. The molecule has 0 bridgehead atoms. The number of hydrogen-bond donors (Lipinski definition) is 1. The van der Waals surface area contributed by atoms with Gasteiger partial charge in [0.25, 0.3) is 5.91 Å². The molecule has 2 aromatic carbocycles. The molecule has 0 aromatic heterocycles. The van der Waals surface area contributed by atoms with Gasteiger partial charge in [0.05, 0.1) is 11.3 Å². The predicted molar refractivity (Wildman–Crippen MR) is 95.1 cm³/mol. The zero-order valence-electron chi connectivity index (χ0n) is 14.8. The number of rotatable bonds is 3. The number of likely N-dealkylation sites (tertiary alicyclic amines) is 1. The Kier molecular flexibility index (Phi) is 5.39. The molecule has 0 aliphatic carbocycles. The molecule has 1 heterocycles. The standard InChI is InChI=1S/C20H20F4N2O/c1-13-4-9-17(21)18(11-13)25-16-3-2-10-26(12-16)19(27)14-5-7-15(8-6-14)20(22,23)24/h4-9,11,16,25H,2-3,10,12H2,1H3. The van der Waals surface area contributed by atoms with Gasteiger partial charge in [-0.3, -0.25) is 4.79 Å². The Morgan fingerprint density at radius 1 is 1.15 bits per heavy atom. The zero-order valence-corrected chi connectivity index (χ0v) is 14.8. The fourth-order valence-corrected chi connectivity index (χ4v) is 3.23. The van der Waals surface area contributed by atoms with Crippen LogP contribution in [0.5, 0.6) is 0 Å². The molecular weight excluding hydrogens is 360 g/mol. The number of carbonyl (C=O) groups excluding carboxylic acids is 1. The first-order chi connectivity index (χ1) is 12.7. The van der Waals surface area contributed by atoms with Crippen LogP contribution in [0, 0.1) is 12.7 Å². The van der Waals surface area contributed by atoms with E-state index >= 15 is 0 Å². The van der Waals surface area contributed by atoms with Crippen LogP contribution in [0.4, 0.5) is 23.2 Å². The van der Waals surface area contributed by atoms with Gasteiger partial charge in [0.2, 0.25) is 0 Å². The fraction of sp³-hybridized carbons (Fsp3) is 0.350. The highest BCUT2D eigenvalue weighted by molar-refractivity contribution is 5.94. The van der Waals surface area contributed by atoms with Crippen molar-refractivity contribution in [3.05, 3.63) is 65.0 Å². The molecule has 0 spiro atoms. The van der Waals surface area contributed by atoms with E-state index in [2.05, 4.69) is 5.32 Å². The van der Waals surface area contributed by atoms with Crippen LogP contribution >= 0.6 is 0 Å². The highest BCUT2D eigenvalue weighted by atomic mass is 19.4. The number of alkyl halides is 3. The molecule has 1 aliphatic rings. The van der Waals surface area contributed by atoms with Crippen molar-refractivity contribution in [3.8, 4) is 0 Å². The number of aryl methyl sites for hydroxylation is 1. The molecule has 1 unspecified atom stereocenters. The number of nitrogens with one attached hydrogen (secondary N) is 1. The maximum Gasteiger partial charge on any atom is 0.416 e. The van der Waals surface area contributed by atoms with Gasteiger partial charge in [-0.25, -0.2) is 4.39 Å². The van der Waals surface area contributed by atoms with Crippen molar-refractivity contribution in [1.29, 1.82) is 0 Å². The van der Waals surface area contributed by atoms with Gasteiger partial charge in [-0.15, -0.1) is 0 Å². The summed E-state index contributed by atoms with van der Waals surface area (Å²) < 4.78 is 51.9. The Labute approximate surface area is 155 Å². The van der Waals surface area contributed by atoms with Crippen LogP contribution in [0.2, 0.25) is 0 Å². The van der Waals surface area contributed by atoms with Crippen LogP contribution < -0.4 is 5.32 Å². The van der Waals surface area contributed by atoms with Crippen molar-refractivity contribution in [3.63, 3.8) is 0 Å². The monoisotopic (exact) mass is 380 g/mol. The summed E-state index contributed by atoms with van der Waals surface area (Å²) in [6, 6.07) is 8.89.